The summed E-state index contributed by atoms with van der Waals surface area (Å²) in [5, 5.41) is 27.4. The molecule has 128 valence electrons. The summed E-state index contributed by atoms with van der Waals surface area (Å²) >= 11 is 6.41. The van der Waals surface area contributed by atoms with Gasteiger partial charge in [-0.2, -0.15) is 0 Å². The summed E-state index contributed by atoms with van der Waals surface area (Å²) in [7, 11) is 0. The minimum atomic E-state index is -0.819. The number of carbonyl (C=O) groups is 2. The molecule has 0 unspecified atom stereocenters. The number of rotatable bonds is 7. The van der Waals surface area contributed by atoms with E-state index in [-0.39, 0.29) is 23.8 Å². The van der Waals surface area contributed by atoms with Crippen LogP contribution in [-0.4, -0.2) is 43.0 Å². The number of aliphatic carboxylic acids is 1. The molecule has 0 saturated carbocycles. The molecule has 0 atom stereocenters. The van der Waals surface area contributed by atoms with Crippen LogP contribution in [0.1, 0.15) is 31.2 Å². The second-order valence-electron chi connectivity index (χ2n) is 5.29. The fraction of sp³-hybridized carbons (Fsp3) is 0.312. The average molecular weight is 367 g/mol. The minimum absolute atomic E-state index is 0.128. The first-order valence-corrected chi connectivity index (χ1v) is 8.60. The molecular formula is C16H17NO5S2. The number of amides is 1. The lowest BCUT2D eigenvalue weighted by atomic mass is 10.1. The van der Waals surface area contributed by atoms with Crippen LogP contribution in [-0.2, 0) is 9.59 Å². The highest BCUT2D eigenvalue weighted by molar-refractivity contribution is 8.26. The molecule has 1 heterocycles. The largest absolute Gasteiger partial charge is 0.504 e. The Morgan fingerprint density at radius 1 is 1.21 bits per heavy atom. The van der Waals surface area contributed by atoms with Crippen LogP contribution in [0.25, 0.3) is 6.08 Å². The summed E-state index contributed by atoms with van der Waals surface area (Å²) in [4.78, 5) is 24.8. The van der Waals surface area contributed by atoms with Gasteiger partial charge in [0.2, 0.25) is 0 Å². The molecule has 0 spiro atoms. The number of thiocarbonyl (C=S) groups is 1. The van der Waals surface area contributed by atoms with Gasteiger partial charge in [-0.3, -0.25) is 14.5 Å². The average Bonchev–Trinajstić information content (AvgIpc) is 2.77. The Morgan fingerprint density at radius 3 is 2.62 bits per heavy atom. The van der Waals surface area contributed by atoms with Crippen LogP contribution >= 0.6 is 24.0 Å². The number of aromatic hydroxyl groups is 2. The number of phenols is 2. The van der Waals surface area contributed by atoms with Crippen molar-refractivity contribution in [3.63, 3.8) is 0 Å². The molecule has 1 aromatic carbocycles. The Balaban J connectivity index is 1.96. The van der Waals surface area contributed by atoms with Gasteiger partial charge < -0.3 is 15.3 Å². The maximum absolute atomic E-state index is 12.4. The van der Waals surface area contributed by atoms with E-state index in [1.165, 1.54) is 28.8 Å². The van der Waals surface area contributed by atoms with Gasteiger partial charge in [-0.25, -0.2) is 0 Å². The zero-order valence-electron chi connectivity index (χ0n) is 12.8. The number of benzene rings is 1. The van der Waals surface area contributed by atoms with Gasteiger partial charge in [-0.15, -0.1) is 0 Å². The van der Waals surface area contributed by atoms with Crippen molar-refractivity contribution < 1.29 is 24.9 Å². The van der Waals surface area contributed by atoms with Crippen LogP contribution in [0.3, 0.4) is 0 Å². The maximum Gasteiger partial charge on any atom is 0.303 e. The van der Waals surface area contributed by atoms with E-state index in [2.05, 4.69) is 0 Å². The number of phenolic OH excluding ortho intramolecular Hbond substituents is 2. The van der Waals surface area contributed by atoms with Crippen molar-refractivity contribution >= 4 is 46.3 Å². The number of thioether (sulfide) groups is 1. The molecule has 3 N–H and O–H groups in total. The molecule has 1 aromatic rings. The van der Waals surface area contributed by atoms with E-state index in [0.717, 1.165) is 0 Å². The smallest absolute Gasteiger partial charge is 0.303 e. The Hall–Kier alpha value is -2.06. The van der Waals surface area contributed by atoms with Gasteiger partial charge in [-0.05, 0) is 36.6 Å². The van der Waals surface area contributed by atoms with E-state index in [1.54, 1.807) is 12.1 Å². The molecule has 0 aromatic heterocycles. The number of unbranched alkanes of at least 4 members (excludes halogenated alkanes) is 2. The molecule has 1 aliphatic heterocycles. The first-order valence-electron chi connectivity index (χ1n) is 7.37. The summed E-state index contributed by atoms with van der Waals surface area (Å²) in [6, 6.07) is 4.31. The highest BCUT2D eigenvalue weighted by atomic mass is 32.2. The quantitative estimate of drug-likeness (QED) is 0.295. The summed E-state index contributed by atoms with van der Waals surface area (Å²) in [5.74, 6) is -1.49. The molecular weight excluding hydrogens is 350 g/mol. The van der Waals surface area contributed by atoms with Crippen molar-refractivity contribution in [2.24, 2.45) is 0 Å². The topological polar surface area (TPSA) is 98.1 Å². The minimum Gasteiger partial charge on any atom is -0.504 e. The predicted octanol–water partition coefficient (Wildman–Crippen LogP) is 2.94. The summed E-state index contributed by atoms with van der Waals surface area (Å²) < 4.78 is 0.465. The van der Waals surface area contributed by atoms with Gasteiger partial charge in [-0.1, -0.05) is 36.5 Å². The lowest BCUT2D eigenvalue weighted by Gasteiger charge is -2.13. The van der Waals surface area contributed by atoms with Crippen LogP contribution in [0.15, 0.2) is 23.1 Å². The molecule has 0 bridgehead atoms. The van der Waals surface area contributed by atoms with Crippen LogP contribution in [0.5, 0.6) is 11.5 Å². The molecule has 6 nitrogen and oxygen atoms in total. The summed E-state index contributed by atoms with van der Waals surface area (Å²) in [6.45, 7) is 0.461. The van der Waals surface area contributed by atoms with Gasteiger partial charge in [0.1, 0.15) is 4.32 Å². The first-order chi connectivity index (χ1) is 11.4. The fourth-order valence-electron chi connectivity index (χ4n) is 2.20. The summed E-state index contributed by atoms with van der Waals surface area (Å²) in [6.07, 6.45) is 3.72. The number of hydrogen-bond donors (Lipinski definition) is 3. The van der Waals surface area contributed by atoms with Gasteiger partial charge in [0, 0.05) is 13.0 Å². The molecule has 0 aliphatic carbocycles. The molecule has 0 radical (unpaired) electrons. The Bertz CT molecular complexity index is 702. The Kier molecular flexibility index (Phi) is 6.22. The van der Waals surface area contributed by atoms with Crippen LogP contribution < -0.4 is 0 Å². The molecule has 2 rings (SSSR count). The highest BCUT2D eigenvalue weighted by Crippen LogP contribution is 2.34. The third-order valence-electron chi connectivity index (χ3n) is 3.44. The second-order valence-corrected chi connectivity index (χ2v) is 6.96. The lowest BCUT2D eigenvalue weighted by Crippen LogP contribution is -2.29. The van der Waals surface area contributed by atoms with Gasteiger partial charge in [0.05, 0.1) is 4.91 Å². The van der Waals surface area contributed by atoms with Crippen molar-refractivity contribution in [1.82, 2.24) is 4.90 Å². The van der Waals surface area contributed by atoms with E-state index in [1.807, 2.05) is 0 Å². The molecule has 1 aliphatic rings. The van der Waals surface area contributed by atoms with E-state index >= 15 is 0 Å². The number of carbonyl (C=O) groups excluding carboxylic acids is 1. The van der Waals surface area contributed by atoms with Crippen molar-refractivity contribution in [3.05, 3.63) is 28.7 Å². The monoisotopic (exact) mass is 367 g/mol. The third kappa shape index (κ3) is 4.72. The molecule has 8 heteroatoms. The van der Waals surface area contributed by atoms with E-state index in [0.29, 0.717) is 40.6 Å². The predicted molar refractivity (Wildman–Crippen MR) is 95.8 cm³/mol. The number of carboxylic acids is 1. The standard InChI is InChI=1S/C16H17NO5S2/c18-11-6-5-10(8-12(11)19)9-13-15(22)17(16(23)24-13)7-3-1-2-4-14(20)21/h5-6,8-9,18-19H,1-4,7H2,(H,20,21)/b13-9-. The van der Waals surface area contributed by atoms with Gasteiger partial charge >= 0.3 is 5.97 Å². The fourth-order valence-corrected chi connectivity index (χ4v) is 3.51. The SMILES string of the molecule is O=C(O)CCCCCN1C(=O)/C(=C/c2ccc(O)c(O)c2)SC1=S. The lowest BCUT2D eigenvalue weighted by molar-refractivity contribution is -0.137. The van der Waals surface area contributed by atoms with E-state index in [4.69, 9.17) is 17.3 Å². The third-order valence-corrected chi connectivity index (χ3v) is 4.82. The Morgan fingerprint density at radius 2 is 1.96 bits per heavy atom. The molecule has 1 saturated heterocycles. The normalized spacial score (nSPS) is 16.2. The second kappa shape index (κ2) is 8.16. The summed E-state index contributed by atoms with van der Waals surface area (Å²) in [5.41, 5.74) is 0.590. The highest BCUT2D eigenvalue weighted by Gasteiger charge is 2.31. The number of hydrogen-bond acceptors (Lipinski definition) is 6. The van der Waals surface area contributed by atoms with Crippen molar-refractivity contribution in [1.29, 1.82) is 0 Å². The maximum atomic E-state index is 12.4. The van der Waals surface area contributed by atoms with Gasteiger partial charge in [0.25, 0.3) is 5.91 Å². The zero-order valence-corrected chi connectivity index (χ0v) is 14.4. The zero-order chi connectivity index (χ0) is 17.7. The van der Waals surface area contributed by atoms with Crippen LogP contribution in [0.4, 0.5) is 0 Å². The number of carboxylic acid groups (broad SMARTS) is 1. The van der Waals surface area contributed by atoms with E-state index < -0.39 is 5.97 Å². The molecule has 24 heavy (non-hydrogen) atoms. The van der Waals surface area contributed by atoms with Crippen LogP contribution in [0.2, 0.25) is 0 Å². The molecule has 1 amide bonds. The first kappa shape index (κ1) is 18.3. The number of nitrogens with zero attached hydrogens (tertiary/aromatic N) is 1. The van der Waals surface area contributed by atoms with Gasteiger partial charge in [0.15, 0.2) is 11.5 Å². The Labute approximate surface area is 148 Å². The van der Waals surface area contributed by atoms with Crippen LogP contribution in [0, 0.1) is 0 Å². The van der Waals surface area contributed by atoms with E-state index in [9.17, 15) is 19.8 Å². The van der Waals surface area contributed by atoms with Crippen molar-refractivity contribution in [3.8, 4) is 11.5 Å². The molecule has 1 fully saturated rings. The van der Waals surface area contributed by atoms with Crippen molar-refractivity contribution in [2.45, 2.75) is 25.7 Å². The van der Waals surface area contributed by atoms with Crippen molar-refractivity contribution in [2.75, 3.05) is 6.54 Å².